The fraction of sp³-hybridized carbons (Fsp3) is 0.250. The minimum absolute atomic E-state index is 0.501. The van der Waals surface area contributed by atoms with E-state index in [1.54, 1.807) is 6.20 Å². The Morgan fingerprint density at radius 2 is 2.10 bits per heavy atom. The monoisotopic (exact) mass is 300 g/mol. The zero-order valence-electron chi connectivity index (χ0n) is 11.9. The predicted molar refractivity (Wildman–Crippen MR) is 86.8 cm³/mol. The summed E-state index contributed by atoms with van der Waals surface area (Å²) in [4.78, 5) is 8.69. The van der Waals surface area contributed by atoms with E-state index >= 15 is 0 Å². The van der Waals surface area contributed by atoms with Crippen molar-refractivity contribution in [1.82, 2.24) is 14.5 Å². The highest BCUT2D eigenvalue weighted by Crippen LogP contribution is 2.17. The molecule has 0 saturated heterocycles. The van der Waals surface area contributed by atoms with Crippen LogP contribution in [0.5, 0.6) is 0 Å². The number of aromatic nitrogens is 3. The van der Waals surface area contributed by atoms with Gasteiger partial charge in [0, 0.05) is 31.4 Å². The average Bonchev–Trinajstić information content (AvgIpc) is 2.84. The number of halogens is 1. The molecule has 108 valence electrons. The van der Waals surface area contributed by atoms with Gasteiger partial charge < -0.3 is 9.88 Å². The molecule has 0 unspecified atom stereocenters. The number of para-hydroxylation sites is 2. The molecular formula is C16H17ClN4. The minimum atomic E-state index is 0.501. The molecule has 0 aliphatic carbocycles. The summed E-state index contributed by atoms with van der Waals surface area (Å²) in [6.45, 7) is 3.88. The van der Waals surface area contributed by atoms with Crippen molar-refractivity contribution in [3.8, 4) is 0 Å². The van der Waals surface area contributed by atoms with E-state index in [1.165, 1.54) is 5.52 Å². The molecule has 0 bridgehead atoms. The fourth-order valence-corrected chi connectivity index (χ4v) is 2.67. The summed E-state index contributed by atoms with van der Waals surface area (Å²) < 4.78 is 2.26. The van der Waals surface area contributed by atoms with Crippen LogP contribution >= 0.6 is 11.6 Å². The topological polar surface area (TPSA) is 42.7 Å². The molecule has 1 aromatic carbocycles. The summed E-state index contributed by atoms with van der Waals surface area (Å²) in [5, 5.41) is 3.85. The second kappa shape index (κ2) is 6.14. The Balaban J connectivity index is 1.73. The quantitative estimate of drug-likeness (QED) is 0.730. The van der Waals surface area contributed by atoms with Crippen LogP contribution in [-0.2, 0) is 13.0 Å². The number of imidazole rings is 1. The smallest absolute Gasteiger partial charge is 0.131 e. The molecule has 0 fully saturated rings. The summed E-state index contributed by atoms with van der Waals surface area (Å²) in [6, 6.07) is 12.0. The van der Waals surface area contributed by atoms with Crippen molar-refractivity contribution in [3.05, 3.63) is 53.6 Å². The highest BCUT2D eigenvalue weighted by atomic mass is 35.5. The Hall–Kier alpha value is -2.07. The fourth-order valence-electron chi connectivity index (χ4n) is 2.50. The van der Waals surface area contributed by atoms with Crippen molar-refractivity contribution < 1.29 is 0 Å². The van der Waals surface area contributed by atoms with Crippen molar-refractivity contribution in [3.63, 3.8) is 0 Å². The van der Waals surface area contributed by atoms with E-state index in [0.29, 0.717) is 5.15 Å². The van der Waals surface area contributed by atoms with Crippen molar-refractivity contribution in [1.29, 1.82) is 0 Å². The van der Waals surface area contributed by atoms with E-state index in [0.717, 1.165) is 36.5 Å². The molecule has 0 atom stereocenters. The predicted octanol–water partition coefficient (Wildman–Crippen LogP) is 3.76. The van der Waals surface area contributed by atoms with Gasteiger partial charge in [-0.05, 0) is 31.2 Å². The van der Waals surface area contributed by atoms with Gasteiger partial charge in [0.05, 0.1) is 11.0 Å². The van der Waals surface area contributed by atoms with Gasteiger partial charge in [0.15, 0.2) is 0 Å². The first kappa shape index (κ1) is 13.9. The van der Waals surface area contributed by atoms with E-state index in [1.807, 2.05) is 18.2 Å². The first-order valence-electron chi connectivity index (χ1n) is 7.07. The van der Waals surface area contributed by atoms with Crippen molar-refractivity contribution >= 4 is 28.3 Å². The van der Waals surface area contributed by atoms with Gasteiger partial charge in [-0.25, -0.2) is 9.97 Å². The van der Waals surface area contributed by atoms with Gasteiger partial charge in [0.25, 0.3) is 0 Å². The van der Waals surface area contributed by atoms with E-state index in [4.69, 9.17) is 16.6 Å². The molecule has 3 rings (SSSR count). The second-order valence-corrected chi connectivity index (χ2v) is 5.19. The van der Waals surface area contributed by atoms with Crippen LogP contribution in [0.3, 0.4) is 0 Å². The molecule has 0 radical (unpaired) electrons. The summed E-state index contributed by atoms with van der Waals surface area (Å²) in [5.74, 6) is 1.10. The maximum absolute atomic E-state index is 5.87. The zero-order valence-corrected chi connectivity index (χ0v) is 12.6. The molecule has 2 heterocycles. The van der Waals surface area contributed by atoms with Crippen molar-refractivity contribution in [2.45, 2.75) is 19.9 Å². The lowest BCUT2D eigenvalue weighted by molar-refractivity contribution is 0.717. The third-order valence-corrected chi connectivity index (χ3v) is 3.66. The summed E-state index contributed by atoms with van der Waals surface area (Å²) in [6.07, 6.45) is 2.56. The normalized spacial score (nSPS) is 11.0. The second-order valence-electron chi connectivity index (χ2n) is 4.81. The van der Waals surface area contributed by atoms with E-state index in [-0.39, 0.29) is 0 Å². The van der Waals surface area contributed by atoms with E-state index < -0.39 is 0 Å². The number of aryl methyl sites for hydroxylation is 1. The summed E-state index contributed by atoms with van der Waals surface area (Å²) in [5.41, 5.74) is 3.23. The lowest BCUT2D eigenvalue weighted by atomic mass is 10.3. The summed E-state index contributed by atoms with van der Waals surface area (Å²) >= 11 is 5.87. The molecule has 1 N–H and O–H groups in total. The Morgan fingerprint density at radius 3 is 2.90 bits per heavy atom. The van der Waals surface area contributed by atoms with Gasteiger partial charge in [-0.2, -0.15) is 0 Å². The van der Waals surface area contributed by atoms with Gasteiger partial charge in [-0.1, -0.05) is 23.7 Å². The molecule has 3 aromatic rings. The standard InChI is InChI=1S/C16H17ClN4/c1-2-21-14-6-4-3-5-13(14)20-16(21)8-10-18-12-7-9-19-15(17)11-12/h3-7,9,11H,2,8,10H2,1H3,(H,18,19). The van der Waals surface area contributed by atoms with Gasteiger partial charge in [0.1, 0.15) is 11.0 Å². The number of nitrogens with zero attached hydrogens (tertiary/aromatic N) is 3. The number of pyridine rings is 1. The molecule has 0 spiro atoms. The maximum Gasteiger partial charge on any atom is 0.131 e. The first-order chi connectivity index (χ1) is 10.3. The Morgan fingerprint density at radius 1 is 1.24 bits per heavy atom. The van der Waals surface area contributed by atoms with Crippen LogP contribution in [0.15, 0.2) is 42.6 Å². The third kappa shape index (κ3) is 3.00. The Labute approximate surface area is 128 Å². The molecule has 21 heavy (non-hydrogen) atoms. The molecule has 5 heteroatoms. The van der Waals surface area contributed by atoms with Gasteiger partial charge in [0.2, 0.25) is 0 Å². The van der Waals surface area contributed by atoms with Crippen LogP contribution in [0.1, 0.15) is 12.7 Å². The summed E-state index contributed by atoms with van der Waals surface area (Å²) in [7, 11) is 0. The first-order valence-corrected chi connectivity index (χ1v) is 7.45. The number of nitrogens with one attached hydrogen (secondary N) is 1. The van der Waals surface area contributed by atoms with Crippen molar-refractivity contribution in [2.24, 2.45) is 0 Å². The Bertz CT molecular complexity index is 751. The van der Waals surface area contributed by atoms with Crippen LogP contribution in [0.25, 0.3) is 11.0 Å². The van der Waals surface area contributed by atoms with E-state index in [9.17, 15) is 0 Å². The van der Waals surface area contributed by atoms with Crippen LogP contribution in [-0.4, -0.2) is 21.1 Å². The molecule has 0 aliphatic rings. The Kier molecular flexibility index (Phi) is 4.06. The van der Waals surface area contributed by atoms with Crippen LogP contribution in [0, 0.1) is 0 Å². The molecule has 2 aromatic heterocycles. The largest absolute Gasteiger partial charge is 0.384 e. The van der Waals surface area contributed by atoms with E-state index in [2.05, 4.69) is 40.0 Å². The third-order valence-electron chi connectivity index (χ3n) is 3.45. The maximum atomic E-state index is 5.87. The van der Waals surface area contributed by atoms with Crippen LogP contribution < -0.4 is 5.32 Å². The number of fused-ring (bicyclic) bond motifs is 1. The highest BCUT2D eigenvalue weighted by Gasteiger charge is 2.08. The zero-order chi connectivity index (χ0) is 14.7. The molecule has 0 saturated carbocycles. The molecule has 0 amide bonds. The number of anilines is 1. The molecular weight excluding hydrogens is 284 g/mol. The SMILES string of the molecule is CCn1c(CCNc2ccnc(Cl)c2)nc2ccccc21. The number of benzene rings is 1. The molecule has 0 aliphatic heterocycles. The lowest BCUT2D eigenvalue weighted by Crippen LogP contribution is -2.10. The number of hydrogen-bond acceptors (Lipinski definition) is 3. The lowest BCUT2D eigenvalue weighted by Gasteiger charge is -2.08. The van der Waals surface area contributed by atoms with Gasteiger partial charge in [-0.3, -0.25) is 0 Å². The van der Waals surface area contributed by atoms with Crippen molar-refractivity contribution in [2.75, 3.05) is 11.9 Å². The number of rotatable bonds is 5. The average molecular weight is 301 g/mol. The van der Waals surface area contributed by atoms with Gasteiger partial charge in [-0.15, -0.1) is 0 Å². The van der Waals surface area contributed by atoms with Gasteiger partial charge >= 0.3 is 0 Å². The molecule has 4 nitrogen and oxygen atoms in total. The highest BCUT2D eigenvalue weighted by molar-refractivity contribution is 6.29. The van der Waals surface area contributed by atoms with Crippen LogP contribution in [0.2, 0.25) is 5.15 Å². The number of hydrogen-bond donors (Lipinski definition) is 1. The van der Waals surface area contributed by atoms with Crippen LogP contribution in [0.4, 0.5) is 5.69 Å². The minimum Gasteiger partial charge on any atom is -0.384 e.